The molecule has 3 aromatic rings. The molecule has 1 aliphatic carbocycles. The molecule has 0 aromatic heterocycles. The third-order valence-electron chi connectivity index (χ3n) is 8.54. The molecule has 0 heterocycles. The average Bonchev–Trinajstić information content (AvgIpc) is 3.66. The lowest BCUT2D eigenvalue weighted by atomic mass is 10.0. The van der Waals surface area contributed by atoms with Crippen LogP contribution in [-0.2, 0) is 11.3 Å². The monoisotopic (exact) mass is 692 g/mol. The molecular weight excluding hydrogens is 644 g/mol. The van der Waals surface area contributed by atoms with Crippen molar-refractivity contribution in [1.29, 1.82) is 0 Å². The van der Waals surface area contributed by atoms with E-state index in [1.807, 2.05) is 48.5 Å². The van der Waals surface area contributed by atoms with Gasteiger partial charge in [0.15, 0.2) is 0 Å². The molecule has 1 saturated carbocycles. The lowest BCUT2D eigenvalue weighted by Gasteiger charge is -2.25. The Morgan fingerprint density at radius 2 is 1.48 bits per heavy atom. The van der Waals surface area contributed by atoms with Gasteiger partial charge in [-0.1, -0.05) is 49.7 Å². The first-order chi connectivity index (χ1) is 24.0. The molecule has 8 N–H and O–H groups in total. The number of methoxy groups -OCH3 is 1. The molecule has 0 saturated heterocycles. The summed E-state index contributed by atoms with van der Waals surface area (Å²) in [4.78, 5) is 26.3. The van der Waals surface area contributed by atoms with Crippen LogP contribution < -0.4 is 15.0 Å². The molecule has 1 amide bonds. The maximum absolute atomic E-state index is 13.3. The highest BCUT2D eigenvalue weighted by atomic mass is 16.5. The number of benzene rings is 3. The van der Waals surface area contributed by atoms with Crippen LogP contribution in [0.4, 0.5) is 5.69 Å². The molecule has 0 spiro atoms. The number of rotatable bonds is 14. The maximum Gasteiger partial charge on any atom is 0.339 e. The molecular formula is C38H48N2O10. The predicted octanol–water partition coefficient (Wildman–Crippen LogP) is 2.64. The van der Waals surface area contributed by atoms with Crippen LogP contribution in [0.25, 0.3) is 0 Å². The summed E-state index contributed by atoms with van der Waals surface area (Å²) in [5.41, 5.74) is 2.92. The zero-order chi connectivity index (χ0) is 36.6. The number of hydrogen-bond donors (Lipinski definition) is 8. The second-order valence-corrected chi connectivity index (χ2v) is 12.2. The second kappa shape index (κ2) is 20.3. The van der Waals surface area contributed by atoms with Crippen molar-refractivity contribution in [3.8, 4) is 23.3 Å². The first kappa shape index (κ1) is 40.0. The van der Waals surface area contributed by atoms with E-state index in [4.69, 9.17) is 25.2 Å². The van der Waals surface area contributed by atoms with E-state index in [2.05, 4.69) is 17.2 Å². The van der Waals surface area contributed by atoms with Crippen molar-refractivity contribution in [3.63, 3.8) is 0 Å². The molecule has 0 aliphatic heterocycles. The van der Waals surface area contributed by atoms with Crippen molar-refractivity contribution >= 4 is 17.6 Å². The van der Waals surface area contributed by atoms with Gasteiger partial charge in [0, 0.05) is 35.8 Å². The van der Waals surface area contributed by atoms with Crippen LogP contribution in [0.15, 0.2) is 66.7 Å². The average molecular weight is 693 g/mol. The first-order valence-corrected chi connectivity index (χ1v) is 16.6. The Morgan fingerprint density at radius 1 is 0.900 bits per heavy atom. The Labute approximate surface area is 292 Å². The van der Waals surface area contributed by atoms with Crippen molar-refractivity contribution in [2.24, 2.45) is 5.92 Å². The van der Waals surface area contributed by atoms with Crippen LogP contribution in [0.1, 0.15) is 65.6 Å². The maximum atomic E-state index is 13.3. The van der Waals surface area contributed by atoms with Crippen molar-refractivity contribution in [2.45, 2.75) is 69.5 Å². The highest BCUT2D eigenvalue weighted by Gasteiger charge is 2.29. The number of hydrogen-bond acceptors (Lipinski definition) is 10. The van der Waals surface area contributed by atoms with Gasteiger partial charge in [-0.05, 0) is 73.5 Å². The second-order valence-electron chi connectivity index (χ2n) is 12.2. The summed E-state index contributed by atoms with van der Waals surface area (Å²) in [6.45, 7) is -0.261. The topological polar surface area (TPSA) is 200 Å². The highest BCUT2D eigenvalue weighted by molar-refractivity contribution is 5.96. The Hall–Kier alpha value is -4.48. The number of aliphatic hydroxyl groups is 5. The molecule has 50 heavy (non-hydrogen) atoms. The molecule has 270 valence electrons. The number of amides is 1. The molecule has 1 fully saturated rings. The fraction of sp³-hybridized carbons (Fsp3) is 0.421. The molecule has 4 atom stereocenters. The first-order valence-electron chi connectivity index (χ1n) is 16.6. The number of aliphatic hydroxyl groups excluding tert-OH is 5. The number of likely N-dealkylation sites (N-methyl/N-ethyl adjacent to an activating group) is 1. The molecule has 0 bridgehead atoms. The van der Waals surface area contributed by atoms with Crippen LogP contribution in [0.5, 0.6) is 11.5 Å². The summed E-state index contributed by atoms with van der Waals surface area (Å²) in [5, 5.41) is 67.0. The third-order valence-corrected chi connectivity index (χ3v) is 8.54. The lowest BCUT2D eigenvalue weighted by molar-refractivity contribution is -0.119. The number of nitrogens with zero attached hydrogens (tertiary/aromatic N) is 1. The Balaban J connectivity index is 0.000000442. The Kier molecular flexibility index (Phi) is 16.2. The van der Waals surface area contributed by atoms with E-state index in [0.29, 0.717) is 24.6 Å². The minimum atomic E-state index is -1.55. The van der Waals surface area contributed by atoms with Gasteiger partial charge in [-0.2, -0.15) is 0 Å². The zero-order valence-corrected chi connectivity index (χ0v) is 28.4. The smallest absolute Gasteiger partial charge is 0.339 e. The summed E-state index contributed by atoms with van der Waals surface area (Å²) in [6.07, 6.45) is 0.389. The zero-order valence-electron chi connectivity index (χ0n) is 28.4. The van der Waals surface area contributed by atoms with Crippen molar-refractivity contribution < 1.29 is 50.1 Å². The third kappa shape index (κ3) is 12.1. The Morgan fingerprint density at radius 3 is 2.00 bits per heavy atom. The molecule has 0 unspecified atom stereocenters. The fourth-order valence-corrected chi connectivity index (χ4v) is 5.54. The van der Waals surface area contributed by atoms with E-state index in [1.165, 1.54) is 37.8 Å². The van der Waals surface area contributed by atoms with E-state index in [0.717, 1.165) is 28.9 Å². The van der Waals surface area contributed by atoms with Gasteiger partial charge < -0.3 is 50.7 Å². The normalized spacial score (nSPS) is 15.0. The van der Waals surface area contributed by atoms with Gasteiger partial charge in [-0.3, -0.25) is 4.79 Å². The van der Waals surface area contributed by atoms with Gasteiger partial charge >= 0.3 is 5.97 Å². The summed E-state index contributed by atoms with van der Waals surface area (Å²) in [5.74, 6) is 6.03. The van der Waals surface area contributed by atoms with E-state index < -0.39 is 37.0 Å². The molecule has 0 radical (unpaired) electrons. The number of carbonyl (C=O) groups is 2. The van der Waals surface area contributed by atoms with Gasteiger partial charge in [0.05, 0.1) is 26.4 Å². The number of aromatic carboxylic acids is 1. The van der Waals surface area contributed by atoms with E-state index in [9.17, 15) is 24.9 Å². The van der Waals surface area contributed by atoms with Crippen LogP contribution in [0.3, 0.4) is 0 Å². The van der Waals surface area contributed by atoms with Gasteiger partial charge in [0.1, 0.15) is 35.4 Å². The quantitative estimate of drug-likeness (QED) is 0.116. The van der Waals surface area contributed by atoms with Crippen molar-refractivity contribution in [1.82, 2.24) is 5.32 Å². The highest BCUT2D eigenvalue weighted by Crippen LogP contribution is 2.31. The lowest BCUT2D eigenvalue weighted by Crippen LogP contribution is -2.48. The largest absolute Gasteiger partial charge is 0.507 e. The predicted molar refractivity (Wildman–Crippen MR) is 188 cm³/mol. The number of carbonyl (C=O) groups excluding carboxylic acids is 1. The minimum Gasteiger partial charge on any atom is -0.507 e. The number of anilines is 1. The summed E-state index contributed by atoms with van der Waals surface area (Å²) < 4.78 is 5.17. The SMILES string of the molecule is CNC[C@H](O)[C@@H](O)[C@H](O)[C@H](O)CO.COc1ccc(C#Cc2ccc(CN(C(=O)CCC3CCCC3)c3ccc(C(=O)O)c(O)c3)cc2)cc1. The standard InChI is InChI=1S/C31H31NO5.C7H17NO5/c1-37-27-16-12-24(13-17-27)7-6-23-8-10-25(11-9-23)21-32(30(34)19-14-22-4-2-3-5-22)26-15-18-28(31(35)36)29(33)20-26;1-8-2-4(10)6(12)7(13)5(11)3-9/h8-13,15-18,20,22,33H,2-5,14,19,21H2,1H3,(H,35,36);4-13H,2-3H2,1H3/t;4-,5+,6+,7+/m.0/s1. The summed E-state index contributed by atoms with van der Waals surface area (Å²) >= 11 is 0. The molecule has 12 nitrogen and oxygen atoms in total. The number of carboxylic acid groups (broad SMARTS) is 1. The van der Waals surface area contributed by atoms with E-state index in [1.54, 1.807) is 25.1 Å². The summed E-state index contributed by atoms with van der Waals surface area (Å²) in [6, 6.07) is 19.5. The van der Waals surface area contributed by atoms with Crippen LogP contribution >= 0.6 is 0 Å². The number of ether oxygens (including phenoxy) is 1. The number of nitrogens with one attached hydrogen (secondary N) is 1. The number of phenols is 1. The van der Waals surface area contributed by atoms with Gasteiger partial charge in [0.25, 0.3) is 0 Å². The van der Waals surface area contributed by atoms with Crippen LogP contribution in [0, 0.1) is 17.8 Å². The van der Waals surface area contributed by atoms with Gasteiger partial charge in [0.2, 0.25) is 5.91 Å². The van der Waals surface area contributed by atoms with E-state index >= 15 is 0 Å². The van der Waals surface area contributed by atoms with Gasteiger partial charge in [-0.15, -0.1) is 0 Å². The van der Waals surface area contributed by atoms with Crippen molar-refractivity contribution in [3.05, 3.63) is 89.0 Å². The van der Waals surface area contributed by atoms with E-state index in [-0.39, 0.29) is 23.8 Å². The fourth-order valence-electron chi connectivity index (χ4n) is 5.54. The van der Waals surface area contributed by atoms with Crippen LogP contribution in [0.2, 0.25) is 0 Å². The molecule has 4 rings (SSSR count). The molecule has 1 aliphatic rings. The number of carboxylic acids is 1. The van der Waals surface area contributed by atoms with Crippen LogP contribution in [-0.4, -0.2) is 99.3 Å². The molecule has 12 heteroatoms. The van der Waals surface area contributed by atoms with Crippen molar-refractivity contribution in [2.75, 3.05) is 32.2 Å². The molecule has 3 aromatic carbocycles. The summed E-state index contributed by atoms with van der Waals surface area (Å²) in [7, 11) is 3.20. The minimum absolute atomic E-state index is 0.0438. The van der Waals surface area contributed by atoms with Gasteiger partial charge in [-0.25, -0.2) is 4.79 Å². The Bertz CT molecular complexity index is 1560. The number of aromatic hydroxyl groups is 1.